The van der Waals surface area contributed by atoms with Crippen LogP contribution < -0.4 is 10.6 Å². The summed E-state index contributed by atoms with van der Waals surface area (Å²) < 4.78 is 5.11. The zero-order chi connectivity index (χ0) is 18.1. The van der Waals surface area contributed by atoms with Crippen LogP contribution in [0.4, 0.5) is 4.79 Å². The molecule has 0 bridgehead atoms. The Morgan fingerprint density at radius 2 is 1.75 bits per heavy atom. The van der Waals surface area contributed by atoms with Gasteiger partial charge in [-0.3, -0.25) is 9.59 Å². The molecule has 0 aliphatic rings. The van der Waals surface area contributed by atoms with Crippen LogP contribution >= 0.6 is 0 Å². The molecule has 1 aromatic rings. The van der Waals surface area contributed by atoms with E-state index in [9.17, 15) is 14.4 Å². The largest absolute Gasteiger partial charge is 0.480 e. The summed E-state index contributed by atoms with van der Waals surface area (Å²) in [6.07, 6.45) is -0.0827. The van der Waals surface area contributed by atoms with Gasteiger partial charge in [-0.15, -0.1) is 0 Å². The first kappa shape index (κ1) is 19.5. The Morgan fingerprint density at radius 1 is 1.12 bits per heavy atom. The molecule has 0 aliphatic carbocycles. The lowest BCUT2D eigenvalue weighted by Gasteiger charge is -2.24. The number of carboxylic acids is 1. The standard InChI is InChI=1S/C17H24N2O5/c1-4-11(2)14(15(20)18-12(3)16(21)22)19-17(23)24-10-13-8-6-5-7-9-13/h5-9,11-12,14H,4,10H2,1-3H3,(H,18,20)(H,19,23)(H,21,22)/t11?,12-,14-/m0/s1. The van der Waals surface area contributed by atoms with Crippen molar-refractivity contribution in [3.05, 3.63) is 35.9 Å². The highest BCUT2D eigenvalue weighted by Gasteiger charge is 2.28. The SMILES string of the molecule is CCC(C)[C@H](NC(=O)OCc1ccccc1)C(=O)N[C@@H](C)C(=O)O. The van der Waals surface area contributed by atoms with E-state index < -0.39 is 30.1 Å². The van der Waals surface area contributed by atoms with E-state index in [-0.39, 0.29) is 12.5 Å². The molecule has 0 radical (unpaired) electrons. The highest BCUT2D eigenvalue weighted by molar-refractivity contribution is 5.89. The first-order valence-electron chi connectivity index (χ1n) is 7.85. The summed E-state index contributed by atoms with van der Waals surface area (Å²) in [5, 5.41) is 13.8. The van der Waals surface area contributed by atoms with Gasteiger partial charge in [-0.05, 0) is 18.4 Å². The first-order chi connectivity index (χ1) is 11.3. The second kappa shape index (κ2) is 9.54. The monoisotopic (exact) mass is 336 g/mol. The number of benzene rings is 1. The fourth-order valence-corrected chi connectivity index (χ4v) is 1.96. The maximum Gasteiger partial charge on any atom is 0.408 e. The van der Waals surface area contributed by atoms with Crippen molar-refractivity contribution in [2.24, 2.45) is 5.92 Å². The molecule has 24 heavy (non-hydrogen) atoms. The van der Waals surface area contributed by atoms with Crippen LogP contribution in [0.5, 0.6) is 0 Å². The lowest BCUT2D eigenvalue weighted by molar-refractivity contribution is -0.141. The fourth-order valence-electron chi connectivity index (χ4n) is 1.96. The van der Waals surface area contributed by atoms with Gasteiger partial charge < -0.3 is 20.5 Å². The van der Waals surface area contributed by atoms with Crippen LogP contribution in [0.15, 0.2) is 30.3 Å². The van der Waals surface area contributed by atoms with E-state index in [1.165, 1.54) is 6.92 Å². The summed E-state index contributed by atoms with van der Waals surface area (Å²) in [5.41, 5.74) is 0.830. The van der Waals surface area contributed by atoms with Gasteiger partial charge in [-0.25, -0.2) is 4.79 Å². The van der Waals surface area contributed by atoms with E-state index >= 15 is 0 Å². The summed E-state index contributed by atoms with van der Waals surface area (Å²) in [5.74, 6) is -1.86. The zero-order valence-electron chi connectivity index (χ0n) is 14.1. The van der Waals surface area contributed by atoms with E-state index in [0.29, 0.717) is 6.42 Å². The Bertz CT molecular complexity index is 561. The molecule has 0 aliphatic heterocycles. The van der Waals surface area contributed by atoms with E-state index in [4.69, 9.17) is 9.84 Å². The topological polar surface area (TPSA) is 105 Å². The first-order valence-corrected chi connectivity index (χ1v) is 7.85. The fraction of sp³-hybridized carbons (Fsp3) is 0.471. The van der Waals surface area contributed by atoms with Gasteiger partial charge in [0.05, 0.1) is 0 Å². The molecule has 0 spiro atoms. The molecule has 0 heterocycles. The van der Waals surface area contributed by atoms with Crippen molar-refractivity contribution in [3.8, 4) is 0 Å². The number of hydrogen-bond acceptors (Lipinski definition) is 4. The van der Waals surface area contributed by atoms with Crippen LogP contribution in [0.2, 0.25) is 0 Å². The molecule has 132 valence electrons. The number of rotatable bonds is 8. The van der Waals surface area contributed by atoms with E-state index in [1.54, 1.807) is 6.92 Å². The predicted molar refractivity (Wildman–Crippen MR) is 88.2 cm³/mol. The highest BCUT2D eigenvalue weighted by atomic mass is 16.5. The summed E-state index contributed by atoms with van der Waals surface area (Å²) in [7, 11) is 0. The number of alkyl carbamates (subject to hydrolysis) is 1. The van der Waals surface area contributed by atoms with E-state index in [1.807, 2.05) is 37.3 Å². The predicted octanol–water partition coefficient (Wildman–Crippen LogP) is 1.92. The molecule has 0 saturated carbocycles. The Kier molecular flexibility index (Phi) is 7.74. The molecule has 1 rings (SSSR count). The lowest BCUT2D eigenvalue weighted by Crippen LogP contribution is -2.53. The second-order valence-corrected chi connectivity index (χ2v) is 5.64. The van der Waals surface area contributed by atoms with E-state index in [0.717, 1.165) is 5.56 Å². The van der Waals surface area contributed by atoms with Crippen molar-refractivity contribution in [1.82, 2.24) is 10.6 Å². The number of nitrogens with one attached hydrogen (secondary N) is 2. The van der Waals surface area contributed by atoms with Crippen molar-refractivity contribution in [2.75, 3.05) is 0 Å². The lowest BCUT2D eigenvalue weighted by atomic mass is 9.98. The minimum atomic E-state index is -1.14. The van der Waals surface area contributed by atoms with Crippen LogP contribution in [-0.4, -0.2) is 35.2 Å². The average Bonchev–Trinajstić information content (AvgIpc) is 2.57. The third-order valence-corrected chi connectivity index (χ3v) is 3.71. The van der Waals surface area contributed by atoms with Gasteiger partial charge in [0, 0.05) is 0 Å². The van der Waals surface area contributed by atoms with Gasteiger partial charge >= 0.3 is 12.1 Å². The normalized spacial score (nSPS) is 14.1. The molecule has 7 heteroatoms. The van der Waals surface area contributed by atoms with Gasteiger partial charge in [-0.2, -0.15) is 0 Å². The average molecular weight is 336 g/mol. The molecule has 2 amide bonds. The van der Waals surface area contributed by atoms with Crippen LogP contribution in [-0.2, 0) is 20.9 Å². The number of carbonyl (C=O) groups excluding carboxylic acids is 2. The van der Waals surface area contributed by atoms with Crippen molar-refractivity contribution >= 4 is 18.0 Å². The van der Waals surface area contributed by atoms with E-state index in [2.05, 4.69) is 10.6 Å². The summed E-state index contributed by atoms with van der Waals surface area (Å²) in [6, 6.07) is 7.27. The molecule has 0 aromatic heterocycles. The Balaban J connectivity index is 2.63. The number of aliphatic carboxylic acids is 1. The molecule has 1 aromatic carbocycles. The number of ether oxygens (including phenoxy) is 1. The summed E-state index contributed by atoms with van der Waals surface area (Å²) in [4.78, 5) is 35.0. The van der Waals surface area contributed by atoms with Gasteiger partial charge in [-0.1, -0.05) is 50.6 Å². The quantitative estimate of drug-likeness (QED) is 0.673. The Labute approximate surface area is 141 Å². The maximum atomic E-state index is 12.2. The minimum absolute atomic E-state index is 0.0903. The van der Waals surface area contributed by atoms with Crippen molar-refractivity contribution in [3.63, 3.8) is 0 Å². The molecule has 3 N–H and O–H groups in total. The second-order valence-electron chi connectivity index (χ2n) is 5.64. The molecule has 1 unspecified atom stereocenters. The maximum absolute atomic E-state index is 12.2. The molecular weight excluding hydrogens is 312 g/mol. The van der Waals surface area contributed by atoms with Crippen molar-refractivity contribution in [1.29, 1.82) is 0 Å². The third-order valence-electron chi connectivity index (χ3n) is 3.71. The van der Waals surface area contributed by atoms with Crippen molar-refractivity contribution < 1.29 is 24.2 Å². The number of carboxylic acid groups (broad SMARTS) is 1. The minimum Gasteiger partial charge on any atom is -0.480 e. The number of amides is 2. The zero-order valence-corrected chi connectivity index (χ0v) is 14.1. The molecule has 7 nitrogen and oxygen atoms in total. The van der Waals surface area contributed by atoms with Crippen molar-refractivity contribution in [2.45, 2.75) is 45.9 Å². The Hall–Kier alpha value is -2.57. The molecule has 0 saturated heterocycles. The van der Waals surface area contributed by atoms with Gasteiger partial charge in [0.25, 0.3) is 0 Å². The Morgan fingerprint density at radius 3 is 2.29 bits per heavy atom. The van der Waals surface area contributed by atoms with Gasteiger partial charge in [0.1, 0.15) is 18.7 Å². The van der Waals surface area contributed by atoms with Crippen LogP contribution in [0, 0.1) is 5.92 Å². The highest BCUT2D eigenvalue weighted by Crippen LogP contribution is 2.09. The van der Waals surface area contributed by atoms with Crippen LogP contribution in [0.3, 0.4) is 0 Å². The van der Waals surface area contributed by atoms with Crippen LogP contribution in [0.25, 0.3) is 0 Å². The molecular formula is C17H24N2O5. The number of carbonyl (C=O) groups is 3. The third kappa shape index (κ3) is 6.28. The molecule has 3 atom stereocenters. The van der Waals surface area contributed by atoms with Crippen LogP contribution in [0.1, 0.15) is 32.8 Å². The summed E-state index contributed by atoms with van der Waals surface area (Å²) >= 11 is 0. The number of hydrogen-bond donors (Lipinski definition) is 3. The smallest absolute Gasteiger partial charge is 0.408 e. The van der Waals surface area contributed by atoms with Gasteiger partial charge in [0.15, 0.2) is 0 Å². The van der Waals surface area contributed by atoms with Gasteiger partial charge in [0.2, 0.25) is 5.91 Å². The molecule has 0 fully saturated rings. The summed E-state index contributed by atoms with van der Waals surface area (Å²) in [6.45, 7) is 5.13.